The second kappa shape index (κ2) is 7.63. The maximum atomic E-state index is 11.9. The average Bonchev–Trinajstić information content (AvgIpc) is 3.14. The lowest BCUT2D eigenvalue weighted by atomic mass is 10.0. The molecule has 1 aliphatic heterocycles. The standard InChI is InChI=1S/C20H19ClN4O4/c1-2-27-17(26)8-16-24-12(5-10-3-4-14-15(6-10)29-9-28-14)18-13(25-16)7-11(22)19(21)20(18)23/h3-4,6-7H,2,5,8-9,22-23H2,1H3. The third kappa shape index (κ3) is 3.71. The first-order chi connectivity index (χ1) is 14.0. The zero-order valence-electron chi connectivity index (χ0n) is 15.7. The summed E-state index contributed by atoms with van der Waals surface area (Å²) in [5.41, 5.74) is 14.9. The monoisotopic (exact) mass is 414 g/mol. The molecule has 0 spiro atoms. The van der Waals surface area contributed by atoms with Gasteiger partial charge in [-0.25, -0.2) is 9.97 Å². The third-order valence-electron chi connectivity index (χ3n) is 4.53. The van der Waals surface area contributed by atoms with Crippen LogP contribution in [-0.2, 0) is 22.4 Å². The largest absolute Gasteiger partial charge is 0.466 e. The van der Waals surface area contributed by atoms with Crippen molar-refractivity contribution in [3.8, 4) is 11.5 Å². The fourth-order valence-electron chi connectivity index (χ4n) is 3.25. The van der Waals surface area contributed by atoms with E-state index in [1.165, 1.54) is 0 Å². The number of benzene rings is 2. The van der Waals surface area contributed by atoms with Gasteiger partial charge in [-0.15, -0.1) is 0 Å². The summed E-state index contributed by atoms with van der Waals surface area (Å²) in [5, 5.41) is 0.862. The SMILES string of the molecule is CCOC(=O)Cc1nc(Cc2ccc3c(c2)OCO3)c2c(N)c(Cl)c(N)cc2n1. The van der Waals surface area contributed by atoms with Crippen molar-refractivity contribution in [3.05, 3.63) is 46.4 Å². The lowest BCUT2D eigenvalue weighted by Gasteiger charge is -2.13. The van der Waals surface area contributed by atoms with Gasteiger partial charge in [-0.2, -0.15) is 0 Å². The van der Waals surface area contributed by atoms with Crippen LogP contribution in [0.4, 0.5) is 11.4 Å². The molecule has 0 saturated carbocycles. The summed E-state index contributed by atoms with van der Waals surface area (Å²) >= 11 is 6.26. The van der Waals surface area contributed by atoms with Crippen LogP contribution in [0, 0.1) is 0 Å². The summed E-state index contributed by atoms with van der Waals surface area (Å²) in [4.78, 5) is 21.0. The van der Waals surface area contributed by atoms with Crippen molar-refractivity contribution in [2.45, 2.75) is 19.8 Å². The van der Waals surface area contributed by atoms with Crippen LogP contribution in [0.25, 0.3) is 10.9 Å². The van der Waals surface area contributed by atoms with E-state index >= 15 is 0 Å². The first kappa shape index (κ1) is 19.1. The number of anilines is 2. The van der Waals surface area contributed by atoms with E-state index in [1.807, 2.05) is 18.2 Å². The van der Waals surface area contributed by atoms with Crippen LogP contribution in [0.15, 0.2) is 24.3 Å². The zero-order valence-corrected chi connectivity index (χ0v) is 16.5. The summed E-state index contributed by atoms with van der Waals surface area (Å²) < 4.78 is 15.8. The maximum absolute atomic E-state index is 11.9. The predicted octanol–water partition coefficient (Wildman–Crippen LogP) is 2.87. The number of nitrogen functional groups attached to an aromatic ring is 2. The van der Waals surface area contributed by atoms with Crippen LogP contribution in [-0.4, -0.2) is 29.3 Å². The fraction of sp³-hybridized carbons (Fsp3) is 0.250. The molecule has 9 heteroatoms. The number of carbonyl (C=O) groups excluding carboxylic acids is 1. The molecule has 0 bridgehead atoms. The molecule has 0 atom stereocenters. The summed E-state index contributed by atoms with van der Waals surface area (Å²) in [7, 11) is 0. The normalized spacial score (nSPS) is 12.3. The van der Waals surface area contributed by atoms with Crippen molar-refractivity contribution in [3.63, 3.8) is 0 Å². The molecule has 8 nitrogen and oxygen atoms in total. The minimum Gasteiger partial charge on any atom is -0.466 e. The topological polar surface area (TPSA) is 123 Å². The van der Waals surface area contributed by atoms with E-state index in [0.29, 0.717) is 51.7 Å². The van der Waals surface area contributed by atoms with Crippen molar-refractivity contribution in [1.82, 2.24) is 9.97 Å². The van der Waals surface area contributed by atoms with Crippen molar-refractivity contribution in [2.75, 3.05) is 24.9 Å². The maximum Gasteiger partial charge on any atom is 0.313 e. The van der Waals surface area contributed by atoms with Gasteiger partial charge in [0, 0.05) is 11.8 Å². The first-order valence-corrected chi connectivity index (χ1v) is 9.41. The van der Waals surface area contributed by atoms with Gasteiger partial charge in [0.1, 0.15) is 12.2 Å². The molecule has 1 aliphatic rings. The molecule has 4 N–H and O–H groups in total. The summed E-state index contributed by atoms with van der Waals surface area (Å²) in [6.45, 7) is 2.22. The lowest BCUT2D eigenvalue weighted by molar-refractivity contribution is -0.142. The number of hydrogen-bond acceptors (Lipinski definition) is 8. The first-order valence-electron chi connectivity index (χ1n) is 9.03. The minimum absolute atomic E-state index is 0.0552. The van der Waals surface area contributed by atoms with Crippen LogP contribution >= 0.6 is 11.6 Å². The predicted molar refractivity (Wildman–Crippen MR) is 109 cm³/mol. The molecule has 0 fully saturated rings. The Kier molecular flexibility index (Phi) is 5.02. The number of fused-ring (bicyclic) bond motifs is 2. The minimum atomic E-state index is -0.407. The van der Waals surface area contributed by atoms with E-state index in [1.54, 1.807) is 13.0 Å². The highest BCUT2D eigenvalue weighted by Gasteiger charge is 2.19. The van der Waals surface area contributed by atoms with Gasteiger partial charge in [0.25, 0.3) is 0 Å². The number of halogens is 1. The Hall–Kier alpha value is -3.26. The second-order valence-electron chi connectivity index (χ2n) is 6.52. The van der Waals surface area contributed by atoms with Gasteiger partial charge in [0.2, 0.25) is 6.79 Å². The van der Waals surface area contributed by atoms with Gasteiger partial charge in [0.05, 0.1) is 34.2 Å². The Labute approximate surface area is 171 Å². The van der Waals surface area contributed by atoms with E-state index in [-0.39, 0.29) is 24.8 Å². The van der Waals surface area contributed by atoms with Gasteiger partial charge in [0.15, 0.2) is 11.5 Å². The smallest absolute Gasteiger partial charge is 0.313 e. The number of esters is 1. The average molecular weight is 415 g/mol. The van der Waals surface area contributed by atoms with E-state index in [9.17, 15) is 4.79 Å². The van der Waals surface area contributed by atoms with Crippen molar-refractivity contribution in [1.29, 1.82) is 0 Å². The molecule has 3 aromatic rings. The number of nitrogens with zero attached hydrogens (tertiary/aromatic N) is 2. The van der Waals surface area contributed by atoms with E-state index in [2.05, 4.69) is 9.97 Å². The molecule has 0 aliphatic carbocycles. The Bertz CT molecular complexity index is 1120. The van der Waals surface area contributed by atoms with E-state index in [4.69, 9.17) is 37.3 Å². The quantitative estimate of drug-likeness (QED) is 0.482. The van der Waals surface area contributed by atoms with Gasteiger partial charge >= 0.3 is 5.97 Å². The number of nitrogens with two attached hydrogens (primary N) is 2. The molecular formula is C20H19ClN4O4. The second-order valence-corrected chi connectivity index (χ2v) is 6.90. The van der Waals surface area contributed by atoms with Gasteiger partial charge in [-0.3, -0.25) is 4.79 Å². The molecule has 29 heavy (non-hydrogen) atoms. The fourth-order valence-corrected chi connectivity index (χ4v) is 3.39. The molecule has 0 radical (unpaired) electrons. The Morgan fingerprint density at radius 3 is 2.79 bits per heavy atom. The molecule has 0 unspecified atom stereocenters. The van der Waals surface area contributed by atoms with Crippen LogP contribution in [0.2, 0.25) is 5.02 Å². The summed E-state index contributed by atoms with van der Waals surface area (Å²) in [5.74, 6) is 1.28. The lowest BCUT2D eigenvalue weighted by Crippen LogP contribution is -2.12. The van der Waals surface area contributed by atoms with Crippen LogP contribution in [0.3, 0.4) is 0 Å². The van der Waals surface area contributed by atoms with Crippen molar-refractivity contribution in [2.24, 2.45) is 0 Å². The molecule has 1 aromatic heterocycles. The van der Waals surface area contributed by atoms with Crippen molar-refractivity contribution < 1.29 is 19.0 Å². The number of aromatic nitrogens is 2. The van der Waals surface area contributed by atoms with Gasteiger partial charge in [-0.1, -0.05) is 17.7 Å². The third-order valence-corrected chi connectivity index (χ3v) is 4.95. The summed E-state index contributed by atoms with van der Waals surface area (Å²) in [6, 6.07) is 7.28. The molecule has 150 valence electrons. The van der Waals surface area contributed by atoms with Gasteiger partial charge < -0.3 is 25.7 Å². The molecular weight excluding hydrogens is 396 g/mol. The molecule has 0 amide bonds. The van der Waals surface area contributed by atoms with E-state index in [0.717, 1.165) is 5.56 Å². The number of rotatable bonds is 5. The highest BCUT2D eigenvalue weighted by atomic mass is 35.5. The number of ether oxygens (including phenoxy) is 3. The molecule has 4 rings (SSSR count). The number of hydrogen-bond donors (Lipinski definition) is 2. The van der Waals surface area contributed by atoms with Crippen LogP contribution in [0.5, 0.6) is 11.5 Å². The Balaban J connectivity index is 1.81. The van der Waals surface area contributed by atoms with E-state index < -0.39 is 5.97 Å². The van der Waals surface area contributed by atoms with Gasteiger partial charge in [-0.05, 0) is 30.7 Å². The Morgan fingerprint density at radius 1 is 1.21 bits per heavy atom. The molecule has 0 saturated heterocycles. The highest BCUT2D eigenvalue weighted by Crippen LogP contribution is 2.37. The molecule has 2 aromatic carbocycles. The molecule has 2 heterocycles. The summed E-state index contributed by atoms with van der Waals surface area (Å²) in [6.07, 6.45) is 0.371. The Morgan fingerprint density at radius 2 is 2.00 bits per heavy atom. The number of carbonyl (C=O) groups is 1. The van der Waals surface area contributed by atoms with Crippen LogP contribution in [0.1, 0.15) is 24.0 Å². The van der Waals surface area contributed by atoms with Crippen LogP contribution < -0.4 is 20.9 Å². The highest BCUT2D eigenvalue weighted by molar-refractivity contribution is 6.37. The zero-order chi connectivity index (χ0) is 20.5. The van der Waals surface area contributed by atoms with Crippen molar-refractivity contribution >= 4 is 39.8 Å².